The lowest BCUT2D eigenvalue weighted by atomic mass is 10.2. The number of carbonyl (C=O) groups excluding carboxylic acids is 2. The van der Waals surface area contributed by atoms with E-state index in [-0.39, 0.29) is 5.91 Å². The van der Waals surface area contributed by atoms with Gasteiger partial charge in [-0.2, -0.15) is 0 Å². The van der Waals surface area contributed by atoms with Gasteiger partial charge >= 0.3 is 6.09 Å². The summed E-state index contributed by atoms with van der Waals surface area (Å²) in [7, 11) is 0. The fourth-order valence-corrected chi connectivity index (χ4v) is 2.36. The van der Waals surface area contributed by atoms with Crippen molar-refractivity contribution >= 4 is 17.7 Å². The molecule has 0 radical (unpaired) electrons. The number of anilines is 1. The highest BCUT2D eigenvalue weighted by atomic mass is 16.6. The molecule has 1 N–H and O–H groups in total. The molecule has 0 atom stereocenters. The first-order valence-corrected chi connectivity index (χ1v) is 8.53. The third kappa shape index (κ3) is 5.95. The molecule has 132 valence electrons. The van der Waals surface area contributed by atoms with Crippen LogP contribution < -0.4 is 10.1 Å². The third-order valence-corrected chi connectivity index (χ3v) is 3.61. The van der Waals surface area contributed by atoms with Crippen molar-refractivity contribution in [3.05, 3.63) is 60.2 Å². The minimum absolute atomic E-state index is 0.0832. The van der Waals surface area contributed by atoms with Gasteiger partial charge in [-0.3, -0.25) is 4.79 Å². The van der Waals surface area contributed by atoms with Gasteiger partial charge in [-0.25, -0.2) is 4.79 Å². The molecule has 2 aromatic carbocycles. The van der Waals surface area contributed by atoms with Gasteiger partial charge in [-0.1, -0.05) is 50.2 Å². The van der Waals surface area contributed by atoms with Gasteiger partial charge in [0.15, 0.2) is 0 Å². The predicted octanol–water partition coefficient (Wildman–Crippen LogP) is 4.45. The van der Waals surface area contributed by atoms with E-state index in [2.05, 4.69) is 5.32 Å². The van der Waals surface area contributed by atoms with Crippen molar-refractivity contribution in [2.45, 2.75) is 33.2 Å². The van der Waals surface area contributed by atoms with Crippen LogP contribution >= 0.6 is 0 Å². The Morgan fingerprint density at radius 2 is 1.80 bits per heavy atom. The number of nitrogens with one attached hydrogen (secondary N) is 1. The molecule has 0 bridgehead atoms. The quantitative estimate of drug-likeness (QED) is 0.810. The number of benzene rings is 2. The number of rotatable bonds is 7. The minimum atomic E-state index is -0.398. The summed E-state index contributed by atoms with van der Waals surface area (Å²) in [5.74, 6) is 0.327. The van der Waals surface area contributed by atoms with Gasteiger partial charge in [0.25, 0.3) is 0 Å². The second kappa shape index (κ2) is 9.47. The summed E-state index contributed by atoms with van der Waals surface area (Å²) in [6.07, 6.45) is 0.838. The van der Waals surface area contributed by atoms with Gasteiger partial charge in [0.2, 0.25) is 5.91 Å². The Balaban J connectivity index is 2.04. The molecular weight excluding hydrogens is 316 g/mol. The molecule has 5 nitrogen and oxygen atoms in total. The van der Waals surface area contributed by atoms with Gasteiger partial charge < -0.3 is 15.0 Å². The zero-order chi connectivity index (χ0) is 18.1. The zero-order valence-electron chi connectivity index (χ0n) is 14.7. The number of nitrogens with zero attached hydrogens (tertiary/aromatic N) is 1. The van der Waals surface area contributed by atoms with E-state index in [1.54, 1.807) is 36.1 Å². The van der Waals surface area contributed by atoms with E-state index in [4.69, 9.17) is 4.74 Å². The zero-order valence-corrected chi connectivity index (χ0v) is 14.7. The molecule has 0 aliphatic carbocycles. The van der Waals surface area contributed by atoms with Crippen LogP contribution in [-0.2, 0) is 11.3 Å². The summed E-state index contributed by atoms with van der Waals surface area (Å²) in [4.78, 5) is 25.7. The van der Waals surface area contributed by atoms with Crippen LogP contribution in [0.15, 0.2) is 54.6 Å². The minimum Gasteiger partial charge on any atom is -0.410 e. The monoisotopic (exact) mass is 340 g/mol. The highest BCUT2D eigenvalue weighted by molar-refractivity contribution is 5.90. The Kier molecular flexibility index (Phi) is 7.01. The summed E-state index contributed by atoms with van der Waals surface area (Å²) in [6.45, 7) is 4.91. The first kappa shape index (κ1) is 18.5. The van der Waals surface area contributed by atoms with Crippen LogP contribution in [0, 0.1) is 0 Å². The van der Waals surface area contributed by atoms with Crippen molar-refractivity contribution in [2.24, 2.45) is 0 Å². The maximum atomic E-state index is 12.5. The fourth-order valence-electron chi connectivity index (χ4n) is 2.36. The second-order valence-corrected chi connectivity index (χ2v) is 5.70. The number of hydrogen-bond acceptors (Lipinski definition) is 3. The third-order valence-electron chi connectivity index (χ3n) is 3.61. The van der Waals surface area contributed by atoms with E-state index in [0.717, 1.165) is 12.0 Å². The van der Waals surface area contributed by atoms with Gasteiger partial charge in [-0.05, 0) is 24.1 Å². The van der Waals surface area contributed by atoms with E-state index in [1.807, 2.05) is 37.3 Å². The van der Waals surface area contributed by atoms with E-state index in [9.17, 15) is 9.59 Å². The molecule has 25 heavy (non-hydrogen) atoms. The lowest BCUT2D eigenvalue weighted by Gasteiger charge is -2.21. The molecule has 0 saturated heterocycles. The van der Waals surface area contributed by atoms with Gasteiger partial charge in [-0.15, -0.1) is 0 Å². The predicted molar refractivity (Wildman–Crippen MR) is 98.5 cm³/mol. The number of carbonyl (C=O) groups is 2. The van der Waals surface area contributed by atoms with Crippen LogP contribution in [0.25, 0.3) is 0 Å². The summed E-state index contributed by atoms with van der Waals surface area (Å²) in [5.41, 5.74) is 1.67. The average Bonchev–Trinajstić information content (AvgIpc) is 2.62. The van der Waals surface area contributed by atoms with Crippen LogP contribution in [0.5, 0.6) is 5.75 Å². The van der Waals surface area contributed by atoms with Crippen LogP contribution in [0.2, 0.25) is 0 Å². The molecule has 0 heterocycles. The largest absolute Gasteiger partial charge is 0.415 e. The lowest BCUT2D eigenvalue weighted by molar-refractivity contribution is -0.115. The fraction of sp³-hybridized carbons (Fsp3) is 0.300. The number of hydrogen-bond donors (Lipinski definition) is 1. The molecule has 0 spiro atoms. The van der Waals surface area contributed by atoms with Crippen molar-refractivity contribution in [1.29, 1.82) is 0 Å². The van der Waals surface area contributed by atoms with Crippen molar-refractivity contribution < 1.29 is 14.3 Å². The maximum Gasteiger partial charge on any atom is 0.415 e. The molecule has 5 heteroatoms. The normalized spacial score (nSPS) is 10.2. The summed E-state index contributed by atoms with van der Waals surface area (Å²) in [6, 6.07) is 16.7. The van der Waals surface area contributed by atoms with Crippen molar-refractivity contribution in [3.63, 3.8) is 0 Å². The molecule has 0 unspecified atom stereocenters. The van der Waals surface area contributed by atoms with E-state index < -0.39 is 6.09 Å². The van der Waals surface area contributed by atoms with Crippen molar-refractivity contribution in [1.82, 2.24) is 4.90 Å². The Labute approximate surface area is 148 Å². The van der Waals surface area contributed by atoms with Crippen LogP contribution in [0.1, 0.15) is 32.3 Å². The van der Waals surface area contributed by atoms with E-state index in [0.29, 0.717) is 30.9 Å². The van der Waals surface area contributed by atoms with Crippen LogP contribution in [-0.4, -0.2) is 23.4 Å². The molecule has 0 fully saturated rings. The summed E-state index contributed by atoms with van der Waals surface area (Å²) in [5, 5.41) is 2.76. The van der Waals surface area contributed by atoms with Gasteiger partial charge in [0, 0.05) is 31.3 Å². The van der Waals surface area contributed by atoms with Gasteiger partial charge in [0.1, 0.15) is 5.75 Å². The first-order valence-electron chi connectivity index (χ1n) is 8.53. The highest BCUT2D eigenvalue weighted by Gasteiger charge is 2.16. The van der Waals surface area contributed by atoms with Crippen molar-refractivity contribution in [2.75, 3.05) is 11.9 Å². The number of ether oxygens (including phenoxy) is 1. The number of amides is 2. The van der Waals surface area contributed by atoms with E-state index in [1.165, 1.54) is 0 Å². The lowest BCUT2D eigenvalue weighted by Crippen LogP contribution is -2.33. The molecule has 2 aromatic rings. The second-order valence-electron chi connectivity index (χ2n) is 5.70. The molecular formula is C20H24N2O3. The molecule has 0 aliphatic rings. The summed E-state index contributed by atoms with van der Waals surface area (Å²) < 4.78 is 5.49. The Hall–Kier alpha value is -2.82. The first-order chi connectivity index (χ1) is 12.1. The molecule has 0 saturated carbocycles. The molecule has 2 amide bonds. The smallest absolute Gasteiger partial charge is 0.410 e. The Morgan fingerprint density at radius 1 is 1.04 bits per heavy atom. The van der Waals surface area contributed by atoms with Gasteiger partial charge in [0.05, 0.1) is 0 Å². The standard InChI is InChI=1S/C20H24N2O3/c1-3-13-22(15-16-9-6-5-7-10-16)20(24)25-18-12-8-11-17(14-18)21-19(23)4-2/h5-12,14H,3-4,13,15H2,1-2H3,(H,21,23). The van der Waals surface area contributed by atoms with E-state index >= 15 is 0 Å². The summed E-state index contributed by atoms with van der Waals surface area (Å²) >= 11 is 0. The van der Waals surface area contributed by atoms with Crippen molar-refractivity contribution in [3.8, 4) is 5.75 Å². The SMILES string of the molecule is CCCN(Cc1ccccc1)C(=O)Oc1cccc(NC(=O)CC)c1. The molecule has 2 rings (SSSR count). The van der Waals surface area contributed by atoms with Crippen LogP contribution in [0.4, 0.5) is 10.5 Å². The molecule has 0 aliphatic heterocycles. The topological polar surface area (TPSA) is 58.6 Å². The highest BCUT2D eigenvalue weighted by Crippen LogP contribution is 2.19. The Bertz CT molecular complexity index is 701. The average molecular weight is 340 g/mol. The maximum absolute atomic E-state index is 12.5. The Morgan fingerprint density at radius 3 is 2.48 bits per heavy atom. The van der Waals surface area contributed by atoms with Crippen LogP contribution in [0.3, 0.4) is 0 Å². The molecule has 0 aromatic heterocycles.